The first kappa shape index (κ1) is 15.3. The molecule has 0 radical (unpaired) electrons. The van der Waals surface area contributed by atoms with Crippen LogP contribution in [0.3, 0.4) is 0 Å². The second kappa shape index (κ2) is 7.09. The predicted octanol–water partition coefficient (Wildman–Crippen LogP) is 1.81. The number of nitrogens with one attached hydrogen (secondary N) is 2. The van der Waals surface area contributed by atoms with Gasteiger partial charge in [-0.05, 0) is 48.5 Å². The fraction of sp³-hybridized carbons (Fsp3) is 0.111. The molecule has 0 aromatic heterocycles. The molecule has 0 saturated carbocycles. The molecule has 0 heterocycles. The summed E-state index contributed by atoms with van der Waals surface area (Å²) in [7, 11) is 3.19. The molecule has 2 amide bonds. The largest absolute Gasteiger partial charge is 0.355 e. The van der Waals surface area contributed by atoms with Crippen molar-refractivity contribution in [3.05, 3.63) is 70.8 Å². The standard InChI is InChI=1S/C18H16N2O2/c1-19-17(21)15-9-5-13(6-10-15)3-4-14-7-11-16(12-8-14)18(22)20-2/h5-12H,1-2H3,(H,19,21)(H,20,22). The minimum absolute atomic E-state index is 0.121. The minimum atomic E-state index is -0.121. The molecule has 0 bridgehead atoms. The zero-order valence-corrected chi connectivity index (χ0v) is 12.4. The molecular formula is C18H16N2O2. The van der Waals surface area contributed by atoms with Crippen molar-refractivity contribution in [2.75, 3.05) is 14.1 Å². The predicted molar refractivity (Wildman–Crippen MR) is 85.6 cm³/mol. The highest BCUT2D eigenvalue weighted by molar-refractivity contribution is 5.94. The molecule has 0 aliphatic carbocycles. The van der Waals surface area contributed by atoms with E-state index >= 15 is 0 Å². The molecule has 110 valence electrons. The summed E-state index contributed by atoms with van der Waals surface area (Å²) in [4.78, 5) is 22.9. The van der Waals surface area contributed by atoms with E-state index in [2.05, 4.69) is 22.5 Å². The first-order chi connectivity index (χ1) is 10.6. The van der Waals surface area contributed by atoms with E-state index in [-0.39, 0.29) is 11.8 Å². The maximum absolute atomic E-state index is 11.4. The van der Waals surface area contributed by atoms with Crippen LogP contribution in [0.4, 0.5) is 0 Å². The van der Waals surface area contributed by atoms with Crippen LogP contribution in [0, 0.1) is 11.8 Å². The Morgan fingerprint density at radius 1 is 0.682 bits per heavy atom. The van der Waals surface area contributed by atoms with Gasteiger partial charge in [0, 0.05) is 36.3 Å². The van der Waals surface area contributed by atoms with Crippen LogP contribution in [0.25, 0.3) is 0 Å². The lowest BCUT2D eigenvalue weighted by molar-refractivity contribution is 0.0955. The second-order valence-electron chi connectivity index (χ2n) is 4.56. The molecule has 4 heteroatoms. The van der Waals surface area contributed by atoms with Crippen molar-refractivity contribution in [2.45, 2.75) is 0 Å². The Kier molecular flexibility index (Phi) is 4.94. The average molecular weight is 292 g/mol. The molecule has 4 nitrogen and oxygen atoms in total. The van der Waals surface area contributed by atoms with Gasteiger partial charge in [0.15, 0.2) is 0 Å². The molecule has 0 spiro atoms. The molecule has 2 aromatic carbocycles. The summed E-state index contributed by atoms with van der Waals surface area (Å²) in [6.07, 6.45) is 0. The minimum Gasteiger partial charge on any atom is -0.355 e. The Balaban J connectivity index is 2.13. The van der Waals surface area contributed by atoms with Crippen LogP contribution < -0.4 is 10.6 Å². The van der Waals surface area contributed by atoms with E-state index in [1.54, 1.807) is 62.6 Å². The van der Waals surface area contributed by atoms with E-state index in [4.69, 9.17) is 0 Å². The van der Waals surface area contributed by atoms with Crippen LogP contribution in [-0.4, -0.2) is 25.9 Å². The van der Waals surface area contributed by atoms with Crippen LogP contribution in [0.5, 0.6) is 0 Å². The summed E-state index contributed by atoms with van der Waals surface area (Å²) >= 11 is 0. The molecule has 2 N–H and O–H groups in total. The number of carbonyl (C=O) groups excluding carboxylic acids is 2. The van der Waals surface area contributed by atoms with Crippen LogP contribution in [0.1, 0.15) is 31.8 Å². The normalized spacial score (nSPS) is 9.36. The Labute approximate surface area is 129 Å². The number of carbonyl (C=O) groups is 2. The van der Waals surface area contributed by atoms with Gasteiger partial charge in [-0.3, -0.25) is 9.59 Å². The van der Waals surface area contributed by atoms with Crippen LogP contribution in [-0.2, 0) is 0 Å². The smallest absolute Gasteiger partial charge is 0.251 e. The highest BCUT2D eigenvalue weighted by Crippen LogP contribution is 2.05. The fourth-order valence-corrected chi connectivity index (χ4v) is 1.84. The first-order valence-corrected chi connectivity index (χ1v) is 6.80. The Bertz CT molecular complexity index is 672. The number of benzene rings is 2. The quantitative estimate of drug-likeness (QED) is 0.829. The van der Waals surface area contributed by atoms with Gasteiger partial charge in [0.1, 0.15) is 0 Å². The van der Waals surface area contributed by atoms with Gasteiger partial charge in [0.05, 0.1) is 0 Å². The lowest BCUT2D eigenvalue weighted by Crippen LogP contribution is -2.17. The lowest BCUT2D eigenvalue weighted by atomic mass is 10.1. The third-order valence-corrected chi connectivity index (χ3v) is 3.10. The topological polar surface area (TPSA) is 58.2 Å². The van der Waals surface area contributed by atoms with E-state index in [0.717, 1.165) is 11.1 Å². The van der Waals surface area contributed by atoms with E-state index in [0.29, 0.717) is 11.1 Å². The van der Waals surface area contributed by atoms with Crippen LogP contribution in [0.15, 0.2) is 48.5 Å². The number of rotatable bonds is 2. The van der Waals surface area contributed by atoms with Gasteiger partial charge in [-0.25, -0.2) is 0 Å². The fourth-order valence-electron chi connectivity index (χ4n) is 1.84. The highest BCUT2D eigenvalue weighted by atomic mass is 16.2. The van der Waals surface area contributed by atoms with Crippen molar-refractivity contribution in [2.24, 2.45) is 0 Å². The molecule has 0 saturated heterocycles. The Morgan fingerprint density at radius 3 is 1.27 bits per heavy atom. The number of amides is 2. The van der Waals surface area contributed by atoms with Crippen molar-refractivity contribution in [1.82, 2.24) is 10.6 Å². The zero-order valence-electron chi connectivity index (χ0n) is 12.4. The summed E-state index contributed by atoms with van der Waals surface area (Å²) in [5.74, 6) is 5.81. The van der Waals surface area contributed by atoms with Gasteiger partial charge >= 0.3 is 0 Å². The number of hydrogen-bond donors (Lipinski definition) is 2. The lowest BCUT2D eigenvalue weighted by Gasteiger charge is -1.99. The van der Waals surface area contributed by atoms with Crippen LogP contribution in [0.2, 0.25) is 0 Å². The first-order valence-electron chi connectivity index (χ1n) is 6.80. The SMILES string of the molecule is CNC(=O)c1ccc(C#Cc2ccc(C(=O)NC)cc2)cc1. The van der Waals surface area contributed by atoms with Crippen molar-refractivity contribution < 1.29 is 9.59 Å². The summed E-state index contributed by atoms with van der Waals surface area (Å²) in [5.41, 5.74) is 2.84. The van der Waals surface area contributed by atoms with E-state index in [9.17, 15) is 9.59 Å². The molecule has 0 atom stereocenters. The molecule has 0 aliphatic rings. The third kappa shape index (κ3) is 3.74. The summed E-state index contributed by atoms with van der Waals surface area (Å²) in [5, 5.41) is 5.14. The summed E-state index contributed by atoms with van der Waals surface area (Å²) < 4.78 is 0. The maximum atomic E-state index is 11.4. The monoisotopic (exact) mass is 292 g/mol. The van der Waals surface area contributed by atoms with E-state index < -0.39 is 0 Å². The van der Waals surface area contributed by atoms with Gasteiger partial charge in [0.2, 0.25) is 0 Å². The molecule has 2 aromatic rings. The van der Waals surface area contributed by atoms with E-state index in [1.165, 1.54) is 0 Å². The molecule has 0 fully saturated rings. The van der Waals surface area contributed by atoms with Gasteiger partial charge in [-0.15, -0.1) is 0 Å². The van der Waals surface area contributed by atoms with Gasteiger partial charge < -0.3 is 10.6 Å². The molecule has 2 rings (SSSR count). The van der Waals surface area contributed by atoms with Crippen LogP contribution >= 0.6 is 0 Å². The Hall–Kier alpha value is -3.06. The molecule has 0 aliphatic heterocycles. The van der Waals surface area contributed by atoms with Gasteiger partial charge in [0.25, 0.3) is 11.8 Å². The Morgan fingerprint density at radius 2 is 1.00 bits per heavy atom. The summed E-state index contributed by atoms with van der Waals surface area (Å²) in [6, 6.07) is 14.1. The average Bonchev–Trinajstić information content (AvgIpc) is 2.59. The second-order valence-corrected chi connectivity index (χ2v) is 4.56. The third-order valence-electron chi connectivity index (χ3n) is 3.10. The summed E-state index contributed by atoms with van der Waals surface area (Å²) in [6.45, 7) is 0. The maximum Gasteiger partial charge on any atom is 0.251 e. The zero-order chi connectivity index (χ0) is 15.9. The highest BCUT2D eigenvalue weighted by Gasteiger charge is 2.02. The molecule has 22 heavy (non-hydrogen) atoms. The van der Waals surface area contributed by atoms with Gasteiger partial charge in [-0.1, -0.05) is 11.8 Å². The molecule has 0 unspecified atom stereocenters. The van der Waals surface area contributed by atoms with Crippen molar-refractivity contribution in [3.8, 4) is 11.8 Å². The number of hydrogen-bond acceptors (Lipinski definition) is 2. The van der Waals surface area contributed by atoms with Gasteiger partial charge in [-0.2, -0.15) is 0 Å². The van der Waals surface area contributed by atoms with E-state index in [1.807, 2.05) is 0 Å². The van der Waals surface area contributed by atoms with Crippen molar-refractivity contribution >= 4 is 11.8 Å². The van der Waals surface area contributed by atoms with Crippen molar-refractivity contribution in [3.63, 3.8) is 0 Å². The van der Waals surface area contributed by atoms with Crippen molar-refractivity contribution in [1.29, 1.82) is 0 Å². The molecular weight excluding hydrogens is 276 g/mol.